The zero-order chi connectivity index (χ0) is 15.3. The Hall–Kier alpha value is -1.34. The number of benzene rings is 1. The molecular weight excluding hydrogens is 288 g/mol. The number of piperidine rings is 1. The highest BCUT2D eigenvalue weighted by molar-refractivity contribution is 5.34. The van der Waals surface area contributed by atoms with E-state index in [1.54, 1.807) is 0 Å². The molecule has 118 valence electrons. The van der Waals surface area contributed by atoms with Crippen LogP contribution >= 0.6 is 0 Å². The summed E-state index contributed by atoms with van der Waals surface area (Å²) in [5, 5.41) is 6.54. The lowest BCUT2D eigenvalue weighted by molar-refractivity contribution is -0.275. The first-order valence-corrected chi connectivity index (χ1v) is 6.92. The zero-order valence-electron chi connectivity index (χ0n) is 11.5. The number of hydrogen-bond acceptors (Lipinski definition) is 3. The summed E-state index contributed by atoms with van der Waals surface area (Å²) in [5.41, 5.74) is 0.343. The third-order valence-corrected chi connectivity index (χ3v) is 3.42. The molecule has 0 bridgehead atoms. The predicted octanol–water partition coefficient (Wildman–Crippen LogP) is 2.61. The fourth-order valence-electron chi connectivity index (χ4n) is 2.39. The van der Waals surface area contributed by atoms with Gasteiger partial charge < -0.3 is 15.4 Å². The molecule has 0 aliphatic carbocycles. The minimum atomic E-state index is -4.81. The van der Waals surface area contributed by atoms with E-state index in [2.05, 4.69) is 15.4 Å². The highest BCUT2D eigenvalue weighted by Gasteiger charge is 2.32. The van der Waals surface area contributed by atoms with Crippen molar-refractivity contribution in [2.24, 2.45) is 0 Å². The van der Waals surface area contributed by atoms with Gasteiger partial charge in [-0.25, -0.2) is 4.39 Å². The third kappa shape index (κ3) is 5.51. The third-order valence-electron chi connectivity index (χ3n) is 3.42. The van der Waals surface area contributed by atoms with E-state index in [4.69, 9.17) is 0 Å². The van der Waals surface area contributed by atoms with E-state index < -0.39 is 17.9 Å². The molecule has 0 radical (unpaired) electrons. The summed E-state index contributed by atoms with van der Waals surface area (Å²) in [6.07, 6.45) is -2.47. The lowest BCUT2D eigenvalue weighted by Gasteiger charge is -2.24. The minimum Gasteiger partial charge on any atom is -0.405 e. The van der Waals surface area contributed by atoms with Gasteiger partial charge in [0.05, 0.1) is 0 Å². The van der Waals surface area contributed by atoms with E-state index >= 15 is 0 Å². The second-order valence-corrected chi connectivity index (χ2v) is 5.03. The van der Waals surface area contributed by atoms with Gasteiger partial charge in [0.25, 0.3) is 0 Å². The first-order chi connectivity index (χ1) is 9.94. The van der Waals surface area contributed by atoms with Crippen LogP contribution in [0.5, 0.6) is 5.75 Å². The van der Waals surface area contributed by atoms with Crippen LogP contribution < -0.4 is 15.4 Å². The van der Waals surface area contributed by atoms with Crippen LogP contribution in [0, 0.1) is 5.82 Å². The SMILES string of the molecule is Fc1ccc(CCNC2CCNCC2)c(OC(F)(F)F)c1. The van der Waals surface area contributed by atoms with Gasteiger partial charge in [0.15, 0.2) is 0 Å². The summed E-state index contributed by atoms with van der Waals surface area (Å²) in [7, 11) is 0. The van der Waals surface area contributed by atoms with Gasteiger partial charge in [0, 0.05) is 12.1 Å². The monoisotopic (exact) mass is 306 g/mol. The molecule has 1 aliphatic rings. The van der Waals surface area contributed by atoms with Crippen molar-refractivity contribution in [3.63, 3.8) is 0 Å². The van der Waals surface area contributed by atoms with Crippen LogP contribution in [0.3, 0.4) is 0 Å². The van der Waals surface area contributed by atoms with Crippen molar-refractivity contribution in [2.45, 2.75) is 31.7 Å². The predicted molar refractivity (Wildman–Crippen MR) is 70.7 cm³/mol. The van der Waals surface area contributed by atoms with Crippen LogP contribution in [-0.4, -0.2) is 32.0 Å². The molecule has 3 nitrogen and oxygen atoms in total. The molecule has 1 aliphatic heterocycles. The van der Waals surface area contributed by atoms with Crippen molar-refractivity contribution in [3.8, 4) is 5.75 Å². The Balaban J connectivity index is 1.92. The number of hydrogen-bond donors (Lipinski definition) is 2. The van der Waals surface area contributed by atoms with Crippen molar-refractivity contribution < 1.29 is 22.3 Å². The maximum absolute atomic E-state index is 13.1. The van der Waals surface area contributed by atoms with Crippen LogP contribution in [0.4, 0.5) is 17.6 Å². The summed E-state index contributed by atoms with van der Waals surface area (Å²) in [6, 6.07) is 3.62. The molecule has 2 rings (SSSR count). The standard InChI is InChI=1S/C14H18F4N2O/c15-11-2-1-10(13(9-11)21-14(16,17)18)3-8-20-12-4-6-19-7-5-12/h1-2,9,12,19-20H,3-8H2. The molecule has 0 unspecified atom stereocenters. The maximum Gasteiger partial charge on any atom is 0.573 e. The van der Waals surface area contributed by atoms with Gasteiger partial charge in [0.1, 0.15) is 11.6 Å². The Morgan fingerprint density at radius 1 is 1.24 bits per heavy atom. The number of alkyl halides is 3. The van der Waals surface area contributed by atoms with E-state index in [0.29, 0.717) is 24.6 Å². The largest absolute Gasteiger partial charge is 0.573 e. The molecule has 1 aromatic rings. The normalized spacial score (nSPS) is 17.0. The number of rotatable bonds is 5. The van der Waals surface area contributed by atoms with Gasteiger partial charge in [-0.05, 0) is 50.5 Å². The fourth-order valence-corrected chi connectivity index (χ4v) is 2.39. The lowest BCUT2D eigenvalue weighted by Crippen LogP contribution is -2.40. The second kappa shape index (κ2) is 7.09. The van der Waals surface area contributed by atoms with Crippen LogP contribution in [0.15, 0.2) is 18.2 Å². The van der Waals surface area contributed by atoms with E-state index in [0.717, 1.165) is 38.1 Å². The molecule has 2 N–H and O–H groups in total. The molecule has 0 saturated carbocycles. The quantitative estimate of drug-likeness (QED) is 0.821. The van der Waals surface area contributed by atoms with Gasteiger partial charge in [-0.3, -0.25) is 0 Å². The van der Waals surface area contributed by atoms with Gasteiger partial charge in [-0.2, -0.15) is 0 Å². The molecule has 21 heavy (non-hydrogen) atoms. The van der Waals surface area contributed by atoms with E-state index in [9.17, 15) is 17.6 Å². The zero-order valence-corrected chi connectivity index (χ0v) is 11.5. The number of nitrogens with one attached hydrogen (secondary N) is 2. The molecule has 0 amide bonds. The van der Waals surface area contributed by atoms with E-state index in [-0.39, 0.29) is 0 Å². The summed E-state index contributed by atoms with van der Waals surface area (Å²) in [4.78, 5) is 0. The Bertz CT molecular complexity index is 459. The molecule has 1 aromatic carbocycles. The van der Waals surface area contributed by atoms with Crippen molar-refractivity contribution in [3.05, 3.63) is 29.6 Å². The molecule has 0 aromatic heterocycles. The summed E-state index contributed by atoms with van der Waals surface area (Å²) in [5.74, 6) is -1.21. The van der Waals surface area contributed by atoms with Crippen molar-refractivity contribution in [2.75, 3.05) is 19.6 Å². The molecule has 7 heteroatoms. The van der Waals surface area contributed by atoms with Gasteiger partial charge in [-0.1, -0.05) is 6.07 Å². The Kier molecular flexibility index (Phi) is 5.41. The molecular formula is C14H18F4N2O. The number of halogens is 4. The van der Waals surface area contributed by atoms with Crippen molar-refractivity contribution in [1.82, 2.24) is 10.6 Å². The topological polar surface area (TPSA) is 33.3 Å². The Labute approximate surface area is 120 Å². The number of ether oxygens (including phenoxy) is 1. The molecule has 1 fully saturated rings. The highest BCUT2D eigenvalue weighted by atomic mass is 19.4. The van der Waals surface area contributed by atoms with Crippen LogP contribution in [0.1, 0.15) is 18.4 Å². The Morgan fingerprint density at radius 2 is 1.95 bits per heavy atom. The lowest BCUT2D eigenvalue weighted by atomic mass is 10.1. The summed E-state index contributed by atoms with van der Waals surface area (Å²) >= 11 is 0. The first kappa shape index (κ1) is 16.0. The molecule has 0 atom stereocenters. The molecule has 0 spiro atoms. The summed E-state index contributed by atoms with van der Waals surface area (Å²) < 4.78 is 53.8. The second-order valence-electron chi connectivity index (χ2n) is 5.03. The van der Waals surface area contributed by atoms with Crippen LogP contribution in [0.25, 0.3) is 0 Å². The van der Waals surface area contributed by atoms with Crippen molar-refractivity contribution >= 4 is 0 Å². The minimum absolute atomic E-state index is 0.343. The van der Waals surface area contributed by atoms with Gasteiger partial charge in [-0.15, -0.1) is 13.2 Å². The highest BCUT2D eigenvalue weighted by Crippen LogP contribution is 2.27. The summed E-state index contributed by atoms with van der Waals surface area (Å²) in [6.45, 7) is 2.41. The molecule has 1 heterocycles. The Morgan fingerprint density at radius 3 is 2.62 bits per heavy atom. The smallest absolute Gasteiger partial charge is 0.405 e. The molecule has 1 saturated heterocycles. The van der Waals surface area contributed by atoms with Gasteiger partial charge in [0.2, 0.25) is 0 Å². The average molecular weight is 306 g/mol. The first-order valence-electron chi connectivity index (χ1n) is 6.92. The van der Waals surface area contributed by atoms with Gasteiger partial charge >= 0.3 is 6.36 Å². The van der Waals surface area contributed by atoms with E-state index in [1.807, 2.05) is 0 Å². The van der Waals surface area contributed by atoms with Crippen molar-refractivity contribution in [1.29, 1.82) is 0 Å². The van der Waals surface area contributed by atoms with E-state index in [1.165, 1.54) is 6.07 Å². The van der Waals surface area contributed by atoms with Crippen LogP contribution in [-0.2, 0) is 6.42 Å². The average Bonchev–Trinajstić information content (AvgIpc) is 2.41. The van der Waals surface area contributed by atoms with Crippen LogP contribution in [0.2, 0.25) is 0 Å². The maximum atomic E-state index is 13.1. The fraction of sp³-hybridized carbons (Fsp3) is 0.571.